The van der Waals surface area contributed by atoms with E-state index in [4.69, 9.17) is 11.6 Å². The SMILES string of the molecule is O=C(CNC(=O)c1cccc(Cl)c1)NCC1(O)CCCC1. The summed E-state index contributed by atoms with van der Waals surface area (Å²) in [5, 5.41) is 15.8. The van der Waals surface area contributed by atoms with E-state index in [-0.39, 0.29) is 24.9 Å². The van der Waals surface area contributed by atoms with Crippen molar-refractivity contribution in [3.63, 3.8) is 0 Å². The smallest absolute Gasteiger partial charge is 0.251 e. The van der Waals surface area contributed by atoms with Gasteiger partial charge in [0.25, 0.3) is 5.91 Å². The highest BCUT2D eigenvalue weighted by molar-refractivity contribution is 6.30. The lowest BCUT2D eigenvalue weighted by molar-refractivity contribution is -0.121. The van der Waals surface area contributed by atoms with Gasteiger partial charge in [-0.1, -0.05) is 30.5 Å². The molecule has 0 heterocycles. The van der Waals surface area contributed by atoms with E-state index in [1.54, 1.807) is 18.2 Å². The van der Waals surface area contributed by atoms with Crippen LogP contribution < -0.4 is 10.6 Å². The van der Waals surface area contributed by atoms with E-state index >= 15 is 0 Å². The Bertz CT molecular complexity index is 527. The van der Waals surface area contributed by atoms with Gasteiger partial charge in [0, 0.05) is 17.1 Å². The van der Waals surface area contributed by atoms with Gasteiger partial charge in [-0.25, -0.2) is 0 Å². The van der Waals surface area contributed by atoms with Gasteiger partial charge in [0.15, 0.2) is 0 Å². The van der Waals surface area contributed by atoms with E-state index < -0.39 is 5.60 Å². The van der Waals surface area contributed by atoms with Crippen LogP contribution in [0.4, 0.5) is 0 Å². The maximum atomic E-state index is 11.8. The molecule has 21 heavy (non-hydrogen) atoms. The first-order valence-corrected chi connectivity index (χ1v) is 7.39. The summed E-state index contributed by atoms with van der Waals surface area (Å²) in [6, 6.07) is 6.51. The van der Waals surface area contributed by atoms with E-state index in [0.29, 0.717) is 23.4 Å². The number of amides is 2. The van der Waals surface area contributed by atoms with Gasteiger partial charge >= 0.3 is 0 Å². The van der Waals surface area contributed by atoms with Crippen molar-refractivity contribution >= 4 is 23.4 Å². The number of nitrogens with one attached hydrogen (secondary N) is 2. The molecular weight excluding hydrogens is 292 g/mol. The summed E-state index contributed by atoms with van der Waals surface area (Å²) in [6.45, 7) is 0.111. The molecule has 1 aliphatic rings. The molecule has 0 spiro atoms. The molecule has 2 rings (SSSR count). The van der Waals surface area contributed by atoms with Crippen molar-refractivity contribution in [1.82, 2.24) is 10.6 Å². The maximum absolute atomic E-state index is 11.8. The highest BCUT2D eigenvalue weighted by Gasteiger charge is 2.31. The molecule has 2 amide bonds. The van der Waals surface area contributed by atoms with Crippen molar-refractivity contribution in [3.05, 3.63) is 34.9 Å². The largest absolute Gasteiger partial charge is 0.388 e. The Morgan fingerprint density at radius 3 is 2.62 bits per heavy atom. The average molecular weight is 311 g/mol. The number of aliphatic hydroxyl groups is 1. The monoisotopic (exact) mass is 310 g/mol. The molecule has 1 aliphatic carbocycles. The fourth-order valence-corrected chi connectivity index (χ4v) is 2.62. The lowest BCUT2D eigenvalue weighted by Gasteiger charge is -2.22. The van der Waals surface area contributed by atoms with Crippen LogP contribution >= 0.6 is 11.6 Å². The fraction of sp³-hybridized carbons (Fsp3) is 0.467. The summed E-state index contributed by atoms with van der Waals surface area (Å²) in [6.07, 6.45) is 3.39. The highest BCUT2D eigenvalue weighted by atomic mass is 35.5. The topological polar surface area (TPSA) is 78.4 Å². The number of carbonyl (C=O) groups is 2. The molecule has 1 aromatic rings. The lowest BCUT2D eigenvalue weighted by atomic mass is 10.0. The van der Waals surface area contributed by atoms with Crippen LogP contribution in [-0.4, -0.2) is 35.6 Å². The molecule has 6 heteroatoms. The second kappa shape index (κ2) is 6.91. The molecule has 0 radical (unpaired) electrons. The maximum Gasteiger partial charge on any atom is 0.251 e. The van der Waals surface area contributed by atoms with E-state index in [2.05, 4.69) is 10.6 Å². The van der Waals surface area contributed by atoms with Crippen molar-refractivity contribution in [2.45, 2.75) is 31.3 Å². The minimum Gasteiger partial charge on any atom is -0.388 e. The van der Waals surface area contributed by atoms with Crippen molar-refractivity contribution < 1.29 is 14.7 Å². The first kappa shape index (κ1) is 15.8. The Hall–Kier alpha value is -1.59. The molecule has 3 N–H and O–H groups in total. The number of carbonyl (C=O) groups excluding carboxylic acids is 2. The second-order valence-corrected chi connectivity index (χ2v) is 5.84. The van der Waals surface area contributed by atoms with Crippen LogP contribution in [0.2, 0.25) is 5.02 Å². The van der Waals surface area contributed by atoms with Crippen LogP contribution in [0.5, 0.6) is 0 Å². The Kier molecular flexibility index (Phi) is 5.20. The number of rotatable bonds is 5. The molecule has 0 aliphatic heterocycles. The van der Waals surface area contributed by atoms with E-state index in [1.807, 2.05) is 0 Å². The minimum absolute atomic E-state index is 0.124. The van der Waals surface area contributed by atoms with Crippen LogP contribution in [0, 0.1) is 0 Å². The molecular formula is C15H19ClN2O3. The second-order valence-electron chi connectivity index (χ2n) is 5.40. The summed E-state index contributed by atoms with van der Waals surface area (Å²) in [5.74, 6) is -0.669. The predicted octanol–water partition coefficient (Wildman–Crippen LogP) is 1.49. The number of halogens is 1. The average Bonchev–Trinajstić information content (AvgIpc) is 2.90. The quantitative estimate of drug-likeness (QED) is 0.771. The molecule has 0 saturated heterocycles. The van der Waals surface area contributed by atoms with Gasteiger partial charge in [0.05, 0.1) is 12.1 Å². The standard InChI is InChI=1S/C15H19ClN2O3/c16-12-5-3-4-11(8-12)14(20)17-9-13(19)18-10-15(21)6-1-2-7-15/h3-5,8,21H,1-2,6-7,9-10H2,(H,17,20)(H,18,19). The molecule has 0 atom stereocenters. The summed E-state index contributed by atoms with van der Waals surface area (Å²) in [5.41, 5.74) is -0.378. The van der Waals surface area contributed by atoms with Gasteiger partial charge in [-0.3, -0.25) is 9.59 Å². The number of hydrogen-bond acceptors (Lipinski definition) is 3. The van der Waals surface area contributed by atoms with Crippen LogP contribution in [0.3, 0.4) is 0 Å². The molecule has 0 unspecified atom stereocenters. The lowest BCUT2D eigenvalue weighted by Crippen LogP contribution is -2.44. The van der Waals surface area contributed by atoms with E-state index in [9.17, 15) is 14.7 Å². The summed E-state index contributed by atoms with van der Waals surface area (Å²) < 4.78 is 0. The first-order valence-electron chi connectivity index (χ1n) is 7.01. The summed E-state index contributed by atoms with van der Waals surface area (Å²) in [4.78, 5) is 23.5. The van der Waals surface area contributed by atoms with E-state index in [1.165, 1.54) is 6.07 Å². The molecule has 1 aromatic carbocycles. The Balaban J connectivity index is 1.75. The number of hydrogen-bond donors (Lipinski definition) is 3. The van der Waals surface area contributed by atoms with Crippen molar-refractivity contribution in [2.75, 3.05) is 13.1 Å². The van der Waals surface area contributed by atoms with Gasteiger partial charge in [-0.05, 0) is 31.0 Å². The van der Waals surface area contributed by atoms with Gasteiger partial charge < -0.3 is 15.7 Å². The van der Waals surface area contributed by atoms with Crippen molar-refractivity contribution in [3.8, 4) is 0 Å². The van der Waals surface area contributed by atoms with Gasteiger partial charge in [0.1, 0.15) is 0 Å². The Morgan fingerprint density at radius 1 is 1.24 bits per heavy atom. The zero-order valence-electron chi connectivity index (χ0n) is 11.7. The van der Waals surface area contributed by atoms with Crippen LogP contribution in [0.15, 0.2) is 24.3 Å². The van der Waals surface area contributed by atoms with Crippen LogP contribution in [0.1, 0.15) is 36.0 Å². The Morgan fingerprint density at radius 2 is 1.95 bits per heavy atom. The van der Waals surface area contributed by atoms with Crippen molar-refractivity contribution in [2.24, 2.45) is 0 Å². The third-order valence-electron chi connectivity index (χ3n) is 3.65. The molecule has 5 nitrogen and oxygen atoms in total. The zero-order chi connectivity index (χ0) is 15.3. The van der Waals surface area contributed by atoms with Gasteiger partial charge in [-0.15, -0.1) is 0 Å². The predicted molar refractivity (Wildman–Crippen MR) is 80.2 cm³/mol. The normalized spacial score (nSPS) is 16.5. The first-order chi connectivity index (χ1) is 9.98. The fourth-order valence-electron chi connectivity index (χ4n) is 2.43. The molecule has 1 fully saturated rings. The van der Waals surface area contributed by atoms with Gasteiger partial charge in [0.2, 0.25) is 5.91 Å². The molecule has 114 valence electrons. The summed E-state index contributed by atoms with van der Waals surface area (Å²) >= 11 is 5.80. The number of benzene rings is 1. The molecule has 1 saturated carbocycles. The molecule has 0 aromatic heterocycles. The highest BCUT2D eigenvalue weighted by Crippen LogP contribution is 2.28. The van der Waals surface area contributed by atoms with Crippen LogP contribution in [0.25, 0.3) is 0 Å². The minimum atomic E-state index is -0.785. The van der Waals surface area contributed by atoms with E-state index in [0.717, 1.165) is 12.8 Å². The third-order valence-corrected chi connectivity index (χ3v) is 3.88. The Labute approximate surface area is 128 Å². The third kappa shape index (κ3) is 4.72. The van der Waals surface area contributed by atoms with Gasteiger partial charge in [-0.2, -0.15) is 0 Å². The zero-order valence-corrected chi connectivity index (χ0v) is 12.4. The van der Waals surface area contributed by atoms with Crippen molar-refractivity contribution in [1.29, 1.82) is 0 Å². The van der Waals surface area contributed by atoms with Crippen LogP contribution in [-0.2, 0) is 4.79 Å². The molecule has 0 bridgehead atoms. The summed E-state index contributed by atoms with van der Waals surface area (Å²) in [7, 11) is 0.